The van der Waals surface area contributed by atoms with Crippen molar-refractivity contribution in [3.8, 4) is 0 Å². The van der Waals surface area contributed by atoms with Crippen LogP contribution in [0.1, 0.15) is 26.1 Å². The quantitative estimate of drug-likeness (QED) is 0.847. The summed E-state index contributed by atoms with van der Waals surface area (Å²) in [5.74, 6) is 1.87. The molecule has 0 aliphatic carbocycles. The van der Waals surface area contributed by atoms with E-state index < -0.39 is 0 Å². The van der Waals surface area contributed by atoms with Crippen molar-refractivity contribution in [1.29, 1.82) is 0 Å². The molecule has 1 aromatic carbocycles. The van der Waals surface area contributed by atoms with Crippen LogP contribution in [0.2, 0.25) is 0 Å². The second-order valence-corrected chi connectivity index (χ2v) is 6.03. The van der Waals surface area contributed by atoms with E-state index in [4.69, 9.17) is 9.72 Å². The summed E-state index contributed by atoms with van der Waals surface area (Å²) in [5.41, 5.74) is 2.38. The zero-order valence-electron chi connectivity index (χ0n) is 13.1. The van der Waals surface area contributed by atoms with E-state index in [1.165, 1.54) is 17.8 Å². The van der Waals surface area contributed by atoms with Gasteiger partial charge in [0.1, 0.15) is 5.82 Å². The first kappa shape index (κ1) is 14.5. The van der Waals surface area contributed by atoms with Crippen molar-refractivity contribution in [2.75, 3.05) is 26.3 Å². The Labute approximate surface area is 126 Å². The lowest BCUT2D eigenvalue weighted by atomic mass is 10.1. The Kier molecular flexibility index (Phi) is 4.56. The van der Waals surface area contributed by atoms with Crippen LogP contribution in [0.25, 0.3) is 11.0 Å². The Morgan fingerprint density at radius 2 is 2.00 bits per heavy atom. The number of fused-ring (bicyclic) bond motifs is 1. The molecular formula is C17H25N3O. The number of rotatable bonds is 5. The van der Waals surface area contributed by atoms with Crippen LogP contribution in [0.5, 0.6) is 0 Å². The Hall–Kier alpha value is -1.39. The normalized spacial score (nSPS) is 18.2. The van der Waals surface area contributed by atoms with Crippen molar-refractivity contribution in [3.63, 3.8) is 0 Å². The molecule has 1 fully saturated rings. The third-order valence-electron chi connectivity index (χ3n) is 4.39. The molecule has 114 valence electrons. The minimum Gasteiger partial charge on any atom is -0.379 e. The number of hydrogen-bond acceptors (Lipinski definition) is 3. The first-order chi connectivity index (χ1) is 10.3. The number of morpholine rings is 1. The Morgan fingerprint density at radius 1 is 1.24 bits per heavy atom. The maximum absolute atomic E-state index is 5.44. The predicted molar refractivity (Wildman–Crippen MR) is 85.3 cm³/mol. The van der Waals surface area contributed by atoms with Gasteiger partial charge in [-0.2, -0.15) is 0 Å². The summed E-state index contributed by atoms with van der Waals surface area (Å²) in [5, 5.41) is 0. The summed E-state index contributed by atoms with van der Waals surface area (Å²) in [7, 11) is 0. The number of ether oxygens (including phenoxy) is 1. The number of benzene rings is 1. The molecule has 2 heterocycles. The van der Waals surface area contributed by atoms with Crippen LogP contribution in [0.4, 0.5) is 0 Å². The molecule has 2 aromatic rings. The molecular weight excluding hydrogens is 262 g/mol. The van der Waals surface area contributed by atoms with Gasteiger partial charge in [-0.05, 0) is 18.1 Å². The van der Waals surface area contributed by atoms with Gasteiger partial charge in [0.2, 0.25) is 0 Å². The topological polar surface area (TPSA) is 30.3 Å². The monoisotopic (exact) mass is 287 g/mol. The highest BCUT2D eigenvalue weighted by atomic mass is 16.5. The molecule has 21 heavy (non-hydrogen) atoms. The molecule has 0 bridgehead atoms. The summed E-state index contributed by atoms with van der Waals surface area (Å²) >= 11 is 0. The van der Waals surface area contributed by atoms with E-state index in [0.29, 0.717) is 5.92 Å². The highest BCUT2D eigenvalue weighted by molar-refractivity contribution is 5.75. The standard InChI is InChI=1S/C17H25N3O/c1-3-14(2)12-20-16-7-5-4-6-15(16)18-17(20)13-19-8-10-21-11-9-19/h4-7,14H,3,8-13H2,1-2H3/t14-/m1/s1. The smallest absolute Gasteiger partial charge is 0.124 e. The second-order valence-electron chi connectivity index (χ2n) is 6.03. The summed E-state index contributed by atoms with van der Waals surface area (Å²) < 4.78 is 7.86. The lowest BCUT2D eigenvalue weighted by Gasteiger charge is -2.26. The van der Waals surface area contributed by atoms with Crippen LogP contribution < -0.4 is 0 Å². The van der Waals surface area contributed by atoms with Crippen molar-refractivity contribution < 1.29 is 4.74 Å². The van der Waals surface area contributed by atoms with Gasteiger partial charge in [-0.3, -0.25) is 4.90 Å². The second kappa shape index (κ2) is 6.58. The highest BCUT2D eigenvalue weighted by Crippen LogP contribution is 2.20. The third kappa shape index (κ3) is 3.27. The van der Waals surface area contributed by atoms with Crippen molar-refractivity contribution in [2.45, 2.75) is 33.4 Å². The Bertz CT molecular complexity index is 587. The molecule has 0 amide bonds. The zero-order valence-corrected chi connectivity index (χ0v) is 13.1. The van der Waals surface area contributed by atoms with E-state index in [2.05, 4.69) is 47.6 Å². The molecule has 0 radical (unpaired) electrons. The van der Waals surface area contributed by atoms with Crippen LogP contribution in [-0.4, -0.2) is 40.8 Å². The zero-order chi connectivity index (χ0) is 14.7. The van der Waals surface area contributed by atoms with E-state index in [1.54, 1.807) is 0 Å². The number of hydrogen-bond donors (Lipinski definition) is 0. The summed E-state index contributed by atoms with van der Waals surface area (Å²) in [6.07, 6.45) is 1.20. The van der Waals surface area contributed by atoms with Gasteiger partial charge in [0.15, 0.2) is 0 Å². The predicted octanol–water partition coefficient (Wildman–Crippen LogP) is 2.91. The van der Waals surface area contributed by atoms with E-state index in [0.717, 1.165) is 44.9 Å². The summed E-state index contributed by atoms with van der Waals surface area (Å²) in [6.45, 7) is 10.2. The minimum atomic E-state index is 0.672. The number of para-hydroxylation sites is 2. The average Bonchev–Trinajstić information content (AvgIpc) is 2.86. The van der Waals surface area contributed by atoms with Gasteiger partial charge in [-0.15, -0.1) is 0 Å². The lowest BCUT2D eigenvalue weighted by molar-refractivity contribution is 0.0325. The fourth-order valence-corrected chi connectivity index (χ4v) is 2.85. The van der Waals surface area contributed by atoms with Crippen LogP contribution in [0, 0.1) is 5.92 Å². The molecule has 0 unspecified atom stereocenters. The SMILES string of the molecule is CC[C@@H](C)Cn1c(CN2CCOCC2)nc2ccccc21. The molecule has 1 aromatic heterocycles. The molecule has 1 saturated heterocycles. The largest absolute Gasteiger partial charge is 0.379 e. The highest BCUT2D eigenvalue weighted by Gasteiger charge is 2.17. The molecule has 4 nitrogen and oxygen atoms in total. The number of nitrogens with zero attached hydrogens (tertiary/aromatic N) is 3. The van der Waals surface area contributed by atoms with Gasteiger partial charge in [-0.25, -0.2) is 4.98 Å². The van der Waals surface area contributed by atoms with Crippen LogP contribution in [0.3, 0.4) is 0 Å². The van der Waals surface area contributed by atoms with Gasteiger partial charge >= 0.3 is 0 Å². The molecule has 0 spiro atoms. The number of imidazole rings is 1. The summed E-state index contributed by atoms with van der Waals surface area (Å²) in [4.78, 5) is 7.32. The van der Waals surface area contributed by atoms with Gasteiger partial charge in [0.25, 0.3) is 0 Å². The Morgan fingerprint density at radius 3 is 2.76 bits per heavy atom. The molecule has 4 heteroatoms. The fourth-order valence-electron chi connectivity index (χ4n) is 2.85. The molecule has 1 aliphatic heterocycles. The van der Waals surface area contributed by atoms with E-state index in [9.17, 15) is 0 Å². The van der Waals surface area contributed by atoms with Crippen LogP contribution in [0.15, 0.2) is 24.3 Å². The van der Waals surface area contributed by atoms with Crippen molar-refractivity contribution >= 4 is 11.0 Å². The van der Waals surface area contributed by atoms with Crippen molar-refractivity contribution in [3.05, 3.63) is 30.1 Å². The van der Waals surface area contributed by atoms with E-state index >= 15 is 0 Å². The van der Waals surface area contributed by atoms with Gasteiger partial charge in [0, 0.05) is 19.6 Å². The van der Waals surface area contributed by atoms with Crippen molar-refractivity contribution in [2.24, 2.45) is 5.92 Å². The van der Waals surface area contributed by atoms with E-state index in [-0.39, 0.29) is 0 Å². The summed E-state index contributed by atoms with van der Waals surface area (Å²) in [6, 6.07) is 8.48. The van der Waals surface area contributed by atoms with Gasteiger partial charge < -0.3 is 9.30 Å². The van der Waals surface area contributed by atoms with Crippen LogP contribution >= 0.6 is 0 Å². The Balaban J connectivity index is 1.89. The van der Waals surface area contributed by atoms with Gasteiger partial charge in [-0.1, -0.05) is 32.4 Å². The number of aromatic nitrogens is 2. The molecule has 0 saturated carbocycles. The first-order valence-electron chi connectivity index (χ1n) is 8.02. The maximum Gasteiger partial charge on any atom is 0.124 e. The molecule has 1 atom stereocenters. The minimum absolute atomic E-state index is 0.672. The first-order valence-corrected chi connectivity index (χ1v) is 8.02. The van der Waals surface area contributed by atoms with Crippen LogP contribution in [-0.2, 0) is 17.8 Å². The maximum atomic E-state index is 5.44. The average molecular weight is 287 g/mol. The molecule has 1 aliphatic rings. The van der Waals surface area contributed by atoms with Crippen molar-refractivity contribution in [1.82, 2.24) is 14.5 Å². The molecule has 3 rings (SSSR count). The fraction of sp³-hybridized carbons (Fsp3) is 0.588. The lowest BCUT2D eigenvalue weighted by Crippen LogP contribution is -2.36. The van der Waals surface area contributed by atoms with E-state index in [1.807, 2.05) is 0 Å². The molecule has 0 N–H and O–H groups in total. The van der Waals surface area contributed by atoms with Gasteiger partial charge in [0.05, 0.1) is 30.8 Å². The third-order valence-corrected chi connectivity index (χ3v) is 4.39.